The SMILES string of the molecule is CCn1cc(Cn2nncc2CN2CCOCC2)c(=O)c2cc(NC3Cc4ccccc4C3)cnc21. The van der Waals surface area contributed by atoms with Crippen molar-refractivity contribution in [2.45, 2.75) is 45.4 Å². The fourth-order valence-electron chi connectivity index (χ4n) is 5.35. The molecule has 9 heteroatoms. The van der Waals surface area contributed by atoms with Crippen molar-refractivity contribution in [2.24, 2.45) is 0 Å². The number of anilines is 1. The second kappa shape index (κ2) is 9.83. The molecule has 0 radical (unpaired) electrons. The first kappa shape index (κ1) is 22.9. The summed E-state index contributed by atoms with van der Waals surface area (Å²) in [4.78, 5) is 20.6. The van der Waals surface area contributed by atoms with E-state index in [9.17, 15) is 4.79 Å². The molecule has 36 heavy (non-hydrogen) atoms. The molecular weight excluding hydrogens is 454 g/mol. The number of hydrogen-bond donors (Lipinski definition) is 1. The summed E-state index contributed by atoms with van der Waals surface area (Å²) in [7, 11) is 0. The Morgan fingerprint density at radius 2 is 1.86 bits per heavy atom. The van der Waals surface area contributed by atoms with E-state index in [2.05, 4.69) is 56.7 Å². The molecule has 3 aromatic heterocycles. The Labute approximate surface area is 209 Å². The Morgan fingerprint density at radius 1 is 1.08 bits per heavy atom. The number of nitrogens with one attached hydrogen (secondary N) is 1. The Morgan fingerprint density at radius 3 is 2.61 bits per heavy atom. The van der Waals surface area contributed by atoms with Crippen LogP contribution in [0.4, 0.5) is 5.69 Å². The molecule has 6 rings (SSSR count). The van der Waals surface area contributed by atoms with Gasteiger partial charge in [-0.3, -0.25) is 9.69 Å². The van der Waals surface area contributed by atoms with Gasteiger partial charge in [0.25, 0.3) is 0 Å². The molecule has 1 saturated heterocycles. The van der Waals surface area contributed by atoms with Gasteiger partial charge in [-0.15, -0.1) is 5.10 Å². The van der Waals surface area contributed by atoms with Crippen molar-refractivity contribution in [3.05, 3.63) is 81.5 Å². The monoisotopic (exact) mass is 485 g/mol. The summed E-state index contributed by atoms with van der Waals surface area (Å²) < 4.78 is 9.34. The van der Waals surface area contributed by atoms with Crippen LogP contribution in [0.15, 0.2) is 53.7 Å². The number of aryl methyl sites for hydroxylation is 1. The molecule has 186 valence electrons. The average Bonchev–Trinajstić information content (AvgIpc) is 3.52. The van der Waals surface area contributed by atoms with E-state index in [4.69, 9.17) is 4.74 Å². The molecule has 9 nitrogen and oxygen atoms in total. The van der Waals surface area contributed by atoms with Gasteiger partial charge < -0.3 is 14.6 Å². The van der Waals surface area contributed by atoms with Crippen LogP contribution in [0, 0.1) is 0 Å². The molecule has 4 aromatic rings. The molecule has 4 heterocycles. The van der Waals surface area contributed by atoms with E-state index < -0.39 is 0 Å². The third kappa shape index (κ3) is 4.52. The molecule has 0 atom stereocenters. The number of rotatable bonds is 7. The molecule has 0 saturated carbocycles. The van der Waals surface area contributed by atoms with Crippen molar-refractivity contribution in [3.8, 4) is 0 Å². The van der Waals surface area contributed by atoms with Crippen molar-refractivity contribution in [3.63, 3.8) is 0 Å². The van der Waals surface area contributed by atoms with Gasteiger partial charge in [-0.2, -0.15) is 0 Å². The van der Waals surface area contributed by atoms with Gasteiger partial charge in [0.05, 0.1) is 48.9 Å². The van der Waals surface area contributed by atoms with E-state index >= 15 is 0 Å². The van der Waals surface area contributed by atoms with E-state index in [1.54, 1.807) is 6.20 Å². The van der Waals surface area contributed by atoms with Gasteiger partial charge in [0.1, 0.15) is 5.65 Å². The molecule has 1 aliphatic heterocycles. The molecule has 1 fully saturated rings. The first-order valence-corrected chi connectivity index (χ1v) is 12.7. The summed E-state index contributed by atoms with van der Waals surface area (Å²) in [5.41, 5.74) is 6.04. The van der Waals surface area contributed by atoms with Crippen LogP contribution in [0.5, 0.6) is 0 Å². The van der Waals surface area contributed by atoms with Gasteiger partial charge in [-0.1, -0.05) is 29.5 Å². The van der Waals surface area contributed by atoms with Crippen molar-refractivity contribution in [1.82, 2.24) is 29.4 Å². The van der Waals surface area contributed by atoms with Crippen LogP contribution in [0.3, 0.4) is 0 Å². The molecule has 0 unspecified atom stereocenters. The van der Waals surface area contributed by atoms with E-state index in [1.807, 2.05) is 27.7 Å². The van der Waals surface area contributed by atoms with Crippen LogP contribution in [-0.2, 0) is 37.2 Å². The molecule has 1 aromatic carbocycles. The summed E-state index contributed by atoms with van der Waals surface area (Å²) in [5, 5.41) is 12.7. The van der Waals surface area contributed by atoms with E-state index in [-0.39, 0.29) is 5.43 Å². The van der Waals surface area contributed by atoms with E-state index in [0.29, 0.717) is 29.2 Å². The summed E-state index contributed by atoms with van der Waals surface area (Å²) >= 11 is 0. The normalized spacial score (nSPS) is 16.5. The number of pyridine rings is 2. The van der Waals surface area contributed by atoms with Gasteiger partial charge in [-0.05, 0) is 37.0 Å². The lowest BCUT2D eigenvalue weighted by molar-refractivity contribution is 0.0331. The Balaban J connectivity index is 1.27. The molecule has 0 bridgehead atoms. The first-order valence-electron chi connectivity index (χ1n) is 12.7. The summed E-state index contributed by atoms with van der Waals surface area (Å²) in [6.45, 7) is 7.16. The van der Waals surface area contributed by atoms with Crippen LogP contribution in [0.25, 0.3) is 11.0 Å². The zero-order valence-electron chi connectivity index (χ0n) is 20.6. The maximum atomic E-state index is 13.6. The van der Waals surface area contributed by atoms with Crippen LogP contribution in [0.2, 0.25) is 0 Å². The molecule has 1 N–H and O–H groups in total. The van der Waals surface area contributed by atoms with Crippen molar-refractivity contribution in [1.29, 1.82) is 0 Å². The second-order valence-corrected chi connectivity index (χ2v) is 9.65. The van der Waals surface area contributed by atoms with Crippen molar-refractivity contribution < 1.29 is 4.74 Å². The van der Waals surface area contributed by atoms with Gasteiger partial charge in [0.2, 0.25) is 0 Å². The van der Waals surface area contributed by atoms with Crippen molar-refractivity contribution >= 4 is 16.7 Å². The number of benzene rings is 1. The topological polar surface area (TPSA) is 90.1 Å². The highest BCUT2D eigenvalue weighted by Crippen LogP contribution is 2.25. The Bertz CT molecular complexity index is 1410. The number of morpholine rings is 1. The Hall–Kier alpha value is -3.56. The lowest BCUT2D eigenvalue weighted by atomic mass is 10.1. The first-order chi connectivity index (χ1) is 17.7. The third-order valence-electron chi connectivity index (χ3n) is 7.26. The minimum absolute atomic E-state index is 0.00613. The lowest BCUT2D eigenvalue weighted by Crippen LogP contribution is -2.36. The summed E-state index contributed by atoms with van der Waals surface area (Å²) in [6.07, 6.45) is 7.50. The van der Waals surface area contributed by atoms with Crippen LogP contribution >= 0.6 is 0 Å². The van der Waals surface area contributed by atoms with Gasteiger partial charge in [-0.25, -0.2) is 9.67 Å². The maximum Gasteiger partial charge on any atom is 0.196 e. The minimum atomic E-state index is -0.00613. The van der Waals surface area contributed by atoms with Gasteiger partial charge >= 0.3 is 0 Å². The average molecular weight is 486 g/mol. The summed E-state index contributed by atoms with van der Waals surface area (Å²) in [5.74, 6) is 0. The van der Waals surface area contributed by atoms with Crippen LogP contribution in [-0.4, -0.2) is 61.8 Å². The van der Waals surface area contributed by atoms with Crippen LogP contribution in [0.1, 0.15) is 29.3 Å². The largest absolute Gasteiger partial charge is 0.380 e. The highest BCUT2D eigenvalue weighted by atomic mass is 16.5. The zero-order valence-corrected chi connectivity index (χ0v) is 20.6. The highest BCUT2D eigenvalue weighted by Gasteiger charge is 2.21. The number of ether oxygens (including phenoxy) is 1. The summed E-state index contributed by atoms with van der Waals surface area (Å²) in [6, 6.07) is 10.8. The van der Waals surface area contributed by atoms with Gasteiger partial charge in [0.15, 0.2) is 5.43 Å². The van der Waals surface area contributed by atoms with E-state index in [1.165, 1.54) is 11.1 Å². The van der Waals surface area contributed by atoms with E-state index in [0.717, 1.165) is 63.6 Å². The lowest BCUT2D eigenvalue weighted by Gasteiger charge is -2.26. The number of hydrogen-bond acceptors (Lipinski definition) is 7. The second-order valence-electron chi connectivity index (χ2n) is 9.65. The molecule has 2 aliphatic rings. The quantitative estimate of drug-likeness (QED) is 0.430. The number of nitrogens with zero attached hydrogens (tertiary/aromatic N) is 6. The smallest absolute Gasteiger partial charge is 0.196 e. The third-order valence-corrected chi connectivity index (χ3v) is 7.26. The number of fused-ring (bicyclic) bond motifs is 2. The molecule has 1 aliphatic carbocycles. The molecular formula is C27H31N7O2. The predicted molar refractivity (Wildman–Crippen MR) is 138 cm³/mol. The van der Waals surface area contributed by atoms with Crippen LogP contribution < -0.4 is 10.7 Å². The Kier molecular flexibility index (Phi) is 6.25. The predicted octanol–water partition coefficient (Wildman–Crippen LogP) is 2.47. The standard InChI is InChI=1S/C27H31N7O2/c1-2-33-16-21(17-34-24(15-29-31-34)18-32-7-9-36-10-8-32)26(35)25-13-23(14-28-27(25)33)30-22-11-19-5-3-4-6-20(19)12-22/h3-6,13-16,22,30H,2,7-12,17-18H2,1H3. The zero-order chi connectivity index (χ0) is 24.5. The fourth-order valence-corrected chi connectivity index (χ4v) is 5.35. The molecule has 0 amide bonds. The minimum Gasteiger partial charge on any atom is -0.380 e. The van der Waals surface area contributed by atoms with Gasteiger partial charge in [0, 0.05) is 44.0 Å². The number of aromatic nitrogens is 5. The molecule has 0 spiro atoms. The van der Waals surface area contributed by atoms with Crippen molar-refractivity contribution in [2.75, 3.05) is 31.6 Å². The fraction of sp³-hybridized carbons (Fsp3) is 0.407. The highest BCUT2D eigenvalue weighted by molar-refractivity contribution is 5.79. The maximum absolute atomic E-state index is 13.6.